The van der Waals surface area contributed by atoms with Gasteiger partial charge in [-0.15, -0.1) is 0 Å². The summed E-state index contributed by atoms with van der Waals surface area (Å²) in [5.74, 6) is 1.78. The molecular formula is C18H19N3S. The van der Waals surface area contributed by atoms with Gasteiger partial charge in [0.25, 0.3) is 0 Å². The maximum absolute atomic E-state index is 4.66. The summed E-state index contributed by atoms with van der Waals surface area (Å²) < 4.78 is 1.94. The molecule has 1 aromatic heterocycles. The van der Waals surface area contributed by atoms with Crippen LogP contribution < -0.4 is 0 Å². The van der Waals surface area contributed by atoms with Gasteiger partial charge >= 0.3 is 0 Å². The fraction of sp³-hybridized carbons (Fsp3) is 0.222. The van der Waals surface area contributed by atoms with E-state index in [1.54, 1.807) is 11.8 Å². The van der Waals surface area contributed by atoms with Crippen LogP contribution in [0.15, 0.2) is 59.8 Å². The smallest absolute Gasteiger partial charge is 0.191 e. The molecule has 0 aliphatic rings. The van der Waals surface area contributed by atoms with Crippen molar-refractivity contribution >= 4 is 11.8 Å². The van der Waals surface area contributed by atoms with Crippen molar-refractivity contribution in [2.75, 3.05) is 0 Å². The van der Waals surface area contributed by atoms with Crippen LogP contribution in [0.4, 0.5) is 0 Å². The number of aromatic nitrogens is 3. The minimum atomic E-state index is 0.845. The van der Waals surface area contributed by atoms with Gasteiger partial charge in [0.05, 0.1) is 5.69 Å². The lowest BCUT2D eigenvalue weighted by Crippen LogP contribution is -1.99. The number of thioether (sulfide) groups is 1. The molecule has 0 amide bonds. The predicted molar refractivity (Wildman–Crippen MR) is 91.5 cm³/mol. The van der Waals surface area contributed by atoms with Crippen LogP contribution >= 0.6 is 11.8 Å². The van der Waals surface area contributed by atoms with Crippen molar-refractivity contribution in [2.45, 2.75) is 31.2 Å². The maximum atomic E-state index is 4.66. The first kappa shape index (κ1) is 14.9. The Morgan fingerprint density at radius 1 is 1.05 bits per heavy atom. The molecule has 0 spiro atoms. The molecule has 0 aliphatic heterocycles. The Balaban J connectivity index is 1.85. The molecule has 0 bridgehead atoms. The highest BCUT2D eigenvalue weighted by Gasteiger charge is 2.11. The van der Waals surface area contributed by atoms with Crippen LogP contribution in [0.2, 0.25) is 0 Å². The maximum Gasteiger partial charge on any atom is 0.191 e. The van der Waals surface area contributed by atoms with Crippen molar-refractivity contribution in [1.82, 2.24) is 14.8 Å². The number of aryl methyl sites for hydroxylation is 2. The second-order valence-electron chi connectivity index (χ2n) is 5.19. The Labute approximate surface area is 135 Å². The van der Waals surface area contributed by atoms with Gasteiger partial charge in [-0.3, -0.25) is 0 Å². The van der Waals surface area contributed by atoms with Gasteiger partial charge < -0.3 is 0 Å². The fourth-order valence-electron chi connectivity index (χ4n) is 2.27. The zero-order valence-electron chi connectivity index (χ0n) is 12.9. The molecule has 0 fully saturated rings. The molecule has 4 heteroatoms. The van der Waals surface area contributed by atoms with E-state index in [0.717, 1.165) is 28.8 Å². The van der Waals surface area contributed by atoms with Gasteiger partial charge in [-0.05, 0) is 24.6 Å². The monoisotopic (exact) mass is 309 g/mol. The first-order valence-corrected chi connectivity index (χ1v) is 8.44. The highest BCUT2D eigenvalue weighted by Crippen LogP contribution is 2.24. The van der Waals surface area contributed by atoms with E-state index in [4.69, 9.17) is 0 Å². The highest BCUT2D eigenvalue weighted by molar-refractivity contribution is 7.98. The van der Waals surface area contributed by atoms with Crippen LogP contribution in [0.3, 0.4) is 0 Å². The summed E-state index contributed by atoms with van der Waals surface area (Å²) in [6.45, 7) is 4.20. The Morgan fingerprint density at radius 2 is 1.86 bits per heavy atom. The zero-order chi connectivity index (χ0) is 15.4. The average molecular weight is 309 g/mol. The number of para-hydroxylation sites is 1. The molecule has 3 rings (SSSR count). The number of hydrogen-bond acceptors (Lipinski definition) is 3. The fourth-order valence-corrected chi connectivity index (χ4v) is 3.18. The van der Waals surface area contributed by atoms with E-state index in [1.165, 1.54) is 11.1 Å². The Morgan fingerprint density at radius 3 is 2.59 bits per heavy atom. The van der Waals surface area contributed by atoms with Crippen molar-refractivity contribution < 1.29 is 0 Å². The van der Waals surface area contributed by atoms with Gasteiger partial charge in [-0.2, -0.15) is 5.10 Å². The van der Waals surface area contributed by atoms with Crippen molar-refractivity contribution in [3.8, 4) is 5.69 Å². The summed E-state index contributed by atoms with van der Waals surface area (Å²) in [5.41, 5.74) is 3.66. The second kappa shape index (κ2) is 6.79. The van der Waals surface area contributed by atoms with Crippen LogP contribution in [0.25, 0.3) is 5.69 Å². The molecule has 0 N–H and O–H groups in total. The van der Waals surface area contributed by atoms with Crippen molar-refractivity contribution in [3.63, 3.8) is 0 Å². The molecule has 3 nitrogen and oxygen atoms in total. The van der Waals surface area contributed by atoms with Gasteiger partial charge in [0, 0.05) is 12.2 Å². The van der Waals surface area contributed by atoms with E-state index in [-0.39, 0.29) is 0 Å². The van der Waals surface area contributed by atoms with Crippen molar-refractivity contribution in [1.29, 1.82) is 0 Å². The SMILES string of the molecule is CCc1nc(SCc2cccc(C)c2)n(-c2ccccc2)n1. The minimum absolute atomic E-state index is 0.845. The van der Waals surface area contributed by atoms with Crippen LogP contribution in [0.1, 0.15) is 23.9 Å². The molecule has 0 radical (unpaired) electrons. The Hall–Kier alpha value is -2.07. The number of benzene rings is 2. The van der Waals surface area contributed by atoms with Crippen molar-refractivity contribution in [2.24, 2.45) is 0 Å². The second-order valence-corrected chi connectivity index (χ2v) is 6.13. The van der Waals surface area contributed by atoms with E-state index >= 15 is 0 Å². The molecule has 0 unspecified atom stereocenters. The predicted octanol–water partition coefficient (Wildman–Crippen LogP) is 4.43. The minimum Gasteiger partial charge on any atom is -0.208 e. The summed E-state index contributed by atoms with van der Waals surface area (Å²) >= 11 is 1.73. The third-order valence-corrected chi connectivity index (χ3v) is 4.39. The quantitative estimate of drug-likeness (QED) is 0.653. The van der Waals surface area contributed by atoms with Gasteiger partial charge in [0.15, 0.2) is 11.0 Å². The van der Waals surface area contributed by atoms with Gasteiger partial charge in [-0.1, -0.05) is 66.7 Å². The molecule has 0 saturated heterocycles. The zero-order valence-corrected chi connectivity index (χ0v) is 13.7. The summed E-state index contributed by atoms with van der Waals surface area (Å²) in [6, 6.07) is 18.8. The highest BCUT2D eigenvalue weighted by atomic mass is 32.2. The lowest BCUT2D eigenvalue weighted by atomic mass is 10.2. The molecule has 0 aliphatic carbocycles. The summed E-state index contributed by atoms with van der Waals surface area (Å²) in [5, 5.41) is 5.56. The molecule has 0 atom stereocenters. The molecule has 0 saturated carbocycles. The van der Waals surface area contributed by atoms with Crippen LogP contribution in [-0.2, 0) is 12.2 Å². The Bertz CT molecular complexity index is 750. The lowest BCUT2D eigenvalue weighted by Gasteiger charge is -2.05. The average Bonchev–Trinajstić information content (AvgIpc) is 2.97. The standard InChI is InChI=1S/C18H19N3S/c1-3-17-19-18(21(20-17)16-10-5-4-6-11-16)22-13-15-9-7-8-14(2)12-15/h4-12H,3,13H2,1-2H3. The summed E-state index contributed by atoms with van der Waals surface area (Å²) in [4.78, 5) is 4.66. The van der Waals surface area contributed by atoms with E-state index in [9.17, 15) is 0 Å². The van der Waals surface area contributed by atoms with Crippen LogP contribution in [-0.4, -0.2) is 14.8 Å². The molecule has 22 heavy (non-hydrogen) atoms. The van der Waals surface area contributed by atoms with Gasteiger partial charge in [0.1, 0.15) is 0 Å². The number of nitrogens with zero attached hydrogens (tertiary/aromatic N) is 3. The largest absolute Gasteiger partial charge is 0.208 e. The van der Waals surface area contributed by atoms with Crippen LogP contribution in [0, 0.1) is 6.92 Å². The van der Waals surface area contributed by atoms with E-state index in [2.05, 4.69) is 60.3 Å². The normalized spacial score (nSPS) is 10.8. The molecule has 3 aromatic rings. The Kier molecular flexibility index (Phi) is 4.59. The third-order valence-electron chi connectivity index (χ3n) is 3.39. The van der Waals surface area contributed by atoms with Gasteiger partial charge in [-0.25, -0.2) is 9.67 Å². The number of rotatable bonds is 5. The third kappa shape index (κ3) is 3.39. The first-order valence-electron chi connectivity index (χ1n) is 7.46. The van der Waals surface area contributed by atoms with Crippen LogP contribution in [0.5, 0.6) is 0 Å². The topological polar surface area (TPSA) is 30.7 Å². The van der Waals surface area contributed by atoms with E-state index in [0.29, 0.717) is 0 Å². The van der Waals surface area contributed by atoms with Gasteiger partial charge in [0.2, 0.25) is 0 Å². The molecule has 2 aromatic carbocycles. The van der Waals surface area contributed by atoms with E-state index in [1.807, 2.05) is 22.9 Å². The van der Waals surface area contributed by atoms with Crippen molar-refractivity contribution in [3.05, 3.63) is 71.5 Å². The van der Waals surface area contributed by atoms with E-state index < -0.39 is 0 Å². The summed E-state index contributed by atoms with van der Waals surface area (Å²) in [7, 11) is 0. The number of hydrogen-bond donors (Lipinski definition) is 0. The molecule has 1 heterocycles. The molecular weight excluding hydrogens is 290 g/mol. The first-order chi connectivity index (χ1) is 10.8. The lowest BCUT2D eigenvalue weighted by molar-refractivity contribution is 0.777. The summed E-state index contributed by atoms with van der Waals surface area (Å²) in [6.07, 6.45) is 0.845. The molecule has 112 valence electrons.